The largest absolute Gasteiger partial charge is 0.339 e. The van der Waals surface area contributed by atoms with Gasteiger partial charge < -0.3 is 5.32 Å². The van der Waals surface area contributed by atoms with E-state index in [9.17, 15) is 13.2 Å². The lowest BCUT2D eigenvalue weighted by Gasteiger charge is -2.07. The maximum atomic E-state index is 11.6. The van der Waals surface area contributed by atoms with E-state index in [2.05, 4.69) is 11.2 Å². The maximum absolute atomic E-state index is 11.6. The van der Waals surface area contributed by atoms with E-state index in [0.29, 0.717) is 5.56 Å². The summed E-state index contributed by atoms with van der Waals surface area (Å²) in [5.41, 5.74) is 0.319. The van der Waals surface area contributed by atoms with E-state index in [0.717, 1.165) is 0 Å². The highest BCUT2D eigenvalue weighted by Crippen LogP contribution is 2.08. The van der Waals surface area contributed by atoms with Crippen molar-refractivity contribution in [2.75, 3.05) is 0 Å². The van der Waals surface area contributed by atoms with Crippen LogP contribution in [0.5, 0.6) is 0 Å². The fourth-order valence-electron chi connectivity index (χ4n) is 1.12. The Morgan fingerprint density at radius 2 is 1.94 bits per heavy atom. The van der Waals surface area contributed by atoms with Gasteiger partial charge in [-0.2, -0.15) is 0 Å². The summed E-state index contributed by atoms with van der Waals surface area (Å²) in [6, 6.07) is 4.90. The Bertz CT molecular complexity index is 555. The predicted molar refractivity (Wildman–Crippen MR) is 63.6 cm³/mol. The molecule has 1 aromatic rings. The van der Waals surface area contributed by atoms with Crippen molar-refractivity contribution in [2.45, 2.75) is 17.9 Å². The standard InChI is InChI=1S/C11H12N2O3S/c1-3-8(2)13-11(14)9-4-6-10(7-5-9)17(12,15)16/h1,4-8H,2H3,(H,13,14)(H2,12,15,16). The number of benzene rings is 1. The van der Waals surface area contributed by atoms with Crippen molar-refractivity contribution in [3.8, 4) is 12.3 Å². The minimum atomic E-state index is -3.74. The lowest BCUT2D eigenvalue weighted by Crippen LogP contribution is -2.31. The SMILES string of the molecule is C#CC(C)NC(=O)c1ccc(S(N)(=O)=O)cc1. The Morgan fingerprint density at radius 3 is 2.35 bits per heavy atom. The third kappa shape index (κ3) is 3.59. The molecule has 0 spiro atoms. The van der Waals surface area contributed by atoms with Crippen LogP contribution in [-0.4, -0.2) is 20.4 Å². The molecule has 1 atom stereocenters. The summed E-state index contributed by atoms with van der Waals surface area (Å²) in [6.07, 6.45) is 5.12. The van der Waals surface area contributed by atoms with Gasteiger partial charge in [-0.1, -0.05) is 5.92 Å². The van der Waals surface area contributed by atoms with Gasteiger partial charge in [0.1, 0.15) is 0 Å². The number of carbonyl (C=O) groups excluding carboxylic acids is 1. The molecule has 0 heterocycles. The van der Waals surface area contributed by atoms with Gasteiger partial charge in [0.2, 0.25) is 10.0 Å². The van der Waals surface area contributed by atoms with E-state index < -0.39 is 10.0 Å². The number of amides is 1. The Balaban J connectivity index is 2.89. The molecule has 1 rings (SSSR count). The second-order valence-electron chi connectivity index (χ2n) is 3.43. The van der Waals surface area contributed by atoms with Crippen LogP contribution in [0.15, 0.2) is 29.2 Å². The smallest absolute Gasteiger partial charge is 0.252 e. The highest BCUT2D eigenvalue weighted by Gasteiger charge is 2.11. The summed E-state index contributed by atoms with van der Waals surface area (Å²) in [6.45, 7) is 1.66. The van der Waals surface area contributed by atoms with Gasteiger partial charge >= 0.3 is 0 Å². The molecule has 90 valence electrons. The topological polar surface area (TPSA) is 89.3 Å². The molecule has 0 aliphatic heterocycles. The van der Waals surface area contributed by atoms with Crippen LogP contribution in [-0.2, 0) is 10.0 Å². The first-order valence-electron chi connectivity index (χ1n) is 4.74. The molecule has 0 saturated heterocycles. The average Bonchev–Trinajstić information content (AvgIpc) is 2.27. The Labute approximate surface area is 100 Å². The third-order valence-corrected chi connectivity index (χ3v) is 2.97. The molecule has 0 aliphatic carbocycles. The summed E-state index contributed by atoms with van der Waals surface area (Å²) in [4.78, 5) is 11.5. The van der Waals surface area contributed by atoms with Crippen molar-refractivity contribution < 1.29 is 13.2 Å². The van der Waals surface area contributed by atoms with Crippen molar-refractivity contribution in [1.82, 2.24) is 5.32 Å². The first-order valence-corrected chi connectivity index (χ1v) is 6.29. The number of terminal acetylenes is 1. The molecule has 0 aliphatic rings. The third-order valence-electron chi connectivity index (χ3n) is 2.04. The van der Waals surface area contributed by atoms with Crippen LogP contribution in [0.4, 0.5) is 0 Å². The summed E-state index contributed by atoms with van der Waals surface area (Å²) in [7, 11) is -3.74. The van der Waals surface area contributed by atoms with E-state index in [1.54, 1.807) is 6.92 Å². The zero-order valence-corrected chi connectivity index (χ0v) is 9.99. The maximum Gasteiger partial charge on any atom is 0.252 e. The van der Waals surface area contributed by atoms with Gasteiger partial charge in [-0.05, 0) is 31.2 Å². The Kier molecular flexibility index (Phi) is 3.89. The lowest BCUT2D eigenvalue weighted by atomic mass is 10.2. The number of nitrogens with two attached hydrogens (primary N) is 1. The van der Waals surface area contributed by atoms with E-state index >= 15 is 0 Å². The number of nitrogens with one attached hydrogen (secondary N) is 1. The summed E-state index contributed by atoms with van der Waals surface area (Å²) >= 11 is 0. The second-order valence-corrected chi connectivity index (χ2v) is 4.99. The molecule has 0 aromatic heterocycles. The van der Waals surface area contributed by atoms with Crippen LogP contribution in [0.1, 0.15) is 17.3 Å². The van der Waals surface area contributed by atoms with Crippen LogP contribution in [0.25, 0.3) is 0 Å². The molecule has 3 N–H and O–H groups in total. The molecule has 0 radical (unpaired) electrons. The zero-order chi connectivity index (χ0) is 13.1. The fourth-order valence-corrected chi connectivity index (χ4v) is 1.63. The molecule has 1 unspecified atom stereocenters. The molecule has 1 amide bonds. The van der Waals surface area contributed by atoms with Gasteiger partial charge in [-0.3, -0.25) is 4.79 Å². The first kappa shape index (κ1) is 13.2. The van der Waals surface area contributed by atoms with Crippen molar-refractivity contribution in [3.63, 3.8) is 0 Å². The van der Waals surface area contributed by atoms with Crippen molar-refractivity contribution in [2.24, 2.45) is 5.14 Å². The van der Waals surface area contributed by atoms with Crippen molar-refractivity contribution in [1.29, 1.82) is 0 Å². The zero-order valence-electron chi connectivity index (χ0n) is 9.17. The van der Waals surface area contributed by atoms with Crippen molar-refractivity contribution >= 4 is 15.9 Å². The lowest BCUT2D eigenvalue weighted by molar-refractivity contribution is 0.0948. The van der Waals surface area contributed by atoms with E-state index in [-0.39, 0.29) is 16.8 Å². The molecular weight excluding hydrogens is 240 g/mol. The van der Waals surface area contributed by atoms with Crippen LogP contribution in [0.3, 0.4) is 0 Å². The number of primary sulfonamides is 1. The van der Waals surface area contributed by atoms with Crippen molar-refractivity contribution in [3.05, 3.63) is 29.8 Å². The minimum Gasteiger partial charge on any atom is -0.339 e. The number of carbonyl (C=O) groups is 1. The van der Waals surface area contributed by atoms with Gasteiger partial charge in [0, 0.05) is 5.56 Å². The number of rotatable bonds is 3. The van der Waals surface area contributed by atoms with Gasteiger partial charge in [0.05, 0.1) is 10.9 Å². The van der Waals surface area contributed by atoms with E-state index in [4.69, 9.17) is 11.6 Å². The van der Waals surface area contributed by atoms with Gasteiger partial charge in [-0.25, -0.2) is 13.6 Å². The molecule has 6 heteroatoms. The Hall–Kier alpha value is -1.84. The first-order chi connectivity index (χ1) is 7.84. The molecule has 0 bridgehead atoms. The quantitative estimate of drug-likeness (QED) is 0.747. The molecular formula is C11H12N2O3S. The average molecular weight is 252 g/mol. The Morgan fingerprint density at radius 1 is 1.41 bits per heavy atom. The highest BCUT2D eigenvalue weighted by atomic mass is 32.2. The molecule has 0 saturated carbocycles. The summed E-state index contributed by atoms with van der Waals surface area (Å²) < 4.78 is 22.0. The highest BCUT2D eigenvalue weighted by molar-refractivity contribution is 7.89. The van der Waals surface area contributed by atoms with Crippen LogP contribution < -0.4 is 10.5 Å². The van der Waals surface area contributed by atoms with Crippen LogP contribution in [0, 0.1) is 12.3 Å². The van der Waals surface area contributed by atoms with Gasteiger partial charge in [0.25, 0.3) is 5.91 Å². The molecule has 17 heavy (non-hydrogen) atoms. The van der Waals surface area contributed by atoms with E-state index in [1.807, 2.05) is 0 Å². The summed E-state index contributed by atoms with van der Waals surface area (Å²) in [5, 5.41) is 7.48. The van der Waals surface area contributed by atoms with E-state index in [1.165, 1.54) is 24.3 Å². The van der Waals surface area contributed by atoms with Crippen LogP contribution in [0.2, 0.25) is 0 Å². The van der Waals surface area contributed by atoms with Gasteiger partial charge in [-0.15, -0.1) is 6.42 Å². The number of sulfonamides is 1. The molecule has 0 fully saturated rings. The molecule has 1 aromatic carbocycles. The summed E-state index contributed by atoms with van der Waals surface area (Å²) in [5.74, 6) is 1.99. The van der Waals surface area contributed by atoms with Crippen LogP contribution >= 0.6 is 0 Å². The molecule has 5 nitrogen and oxygen atoms in total. The van der Waals surface area contributed by atoms with Gasteiger partial charge in [0.15, 0.2) is 0 Å². The monoisotopic (exact) mass is 252 g/mol. The number of hydrogen-bond donors (Lipinski definition) is 2. The predicted octanol–water partition coefficient (Wildman–Crippen LogP) is 0.0855. The number of hydrogen-bond acceptors (Lipinski definition) is 3. The fraction of sp³-hybridized carbons (Fsp3) is 0.182. The second kappa shape index (κ2) is 4.99. The minimum absolute atomic E-state index is 0.0425. The normalized spacial score (nSPS) is 12.5.